The molecule has 0 amide bonds. The highest BCUT2D eigenvalue weighted by Crippen LogP contribution is 2.29. The Morgan fingerprint density at radius 2 is 2.25 bits per heavy atom. The van der Waals surface area contributed by atoms with Gasteiger partial charge in [-0.2, -0.15) is 0 Å². The minimum atomic E-state index is 0.0443. The van der Waals surface area contributed by atoms with Gasteiger partial charge >= 0.3 is 0 Å². The van der Waals surface area contributed by atoms with Crippen LogP contribution in [0.2, 0.25) is 0 Å². The standard InChI is InChI=1S/C8H9NO2S/c1-11-7-5(8(9)12)3-2-4-6(7)10/h2-4,10H,1H3,(H2,9,12). The molecule has 1 aromatic carbocycles. The summed E-state index contributed by atoms with van der Waals surface area (Å²) in [4.78, 5) is 0.211. The summed E-state index contributed by atoms with van der Waals surface area (Å²) in [5.41, 5.74) is 5.95. The van der Waals surface area contributed by atoms with Crippen LogP contribution in [0, 0.1) is 0 Å². The first-order valence-corrected chi connectivity index (χ1v) is 3.73. The molecule has 64 valence electrons. The molecule has 0 aromatic heterocycles. The molecule has 0 aliphatic carbocycles. The van der Waals surface area contributed by atoms with Crippen LogP contribution in [0.5, 0.6) is 11.5 Å². The topological polar surface area (TPSA) is 55.5 Å². The highest BCUT2D eigenvalue weighted by Gasteiger charge is 2.08. The largest absolute Gasteiger partial charge is 0.504 e. The van der Waals surface area contributed by atoms with Crippen LogP contribution in [0.25, 0.3) is 0 Å². The third-order valence-corrected chi connectivity index (χ3v) is 1.68. The van der Waals surface area contributed by atoms with Crippen molar-refractivity contribution in [3.8, 4) is 11.5 Å². The molecular weight excluding hydrogens is 174 g/mol. The van der Waals surface area contributed by atoms with Crippen molar-refractivity contribution in [2.75, 3.05) is 7.11 Å². The van der Waals surface area contributed by atoms with E-state index in [0.29, 0.717) is 11.3 Å². The van der Waals surface area contributed by atoms with Gasteiger partial charge in [0, 0.05) is 0 Å². The number of hydrogen-bond acceptors (Lipinski definition) is 3. The minimum absolute atomic E-state index is 0.0443. The van der Waals surface area contributed by atoms with Crippen molar-refractivity contribution in [2.24, 2.45) is 5.73 Å². The average molecular weight is 183 g/mol. The lowest BCUT2D eigenvalue weighted by Gasteiger charge is -2.07. The molecular formula is C8H9NO2S. The third kappa shape index (κ3) is 1.48. The Labute approximate surface area is 75.8 Å². The van der Waals surface area contributed by atoms with E-state index in [1.165, 1.54) is 13.2 Å². The molecule has 0 bridgehead atoms. The molecule has 0 aliphatic rings. The number of phenolic OH excluding ortho intramolecular Hbond substituents is 1. The van der Waals surface area contributed by atoms with Gasteiger partial charge in [0.05, 0.1) is 12.7 Å². The molecule has 0 unspecified atom stereocenters. The zero-order valence-corrected chi connectivity index (χ0v) is 7.39. The second-order valence-corrected chi connectivity index (χ2v) is 2.66. The lowest BCUT2D eigenvalue weighted by molar-refractivity contribution is 0.373. The zero-order chi connectivity index (χ0) is 9.14. The first-order chi connectivity index (χ1) is 5.66. The predicted octanol–water partition coefficient (Wildman–Crippen LogP) is 1.03. The maximum absolute atomic E-state index is 9.30. The van der Waals surface area contributed by atoms with Gasteiger partial charge in [-0.3, -0.25) is 0 Å². The molecule has 0 spiro atoms. The van der Waals surface area contributed by atoms with Gasteiger partial charge in [0.2, 0.25) is 0 Å². The Bertz CT molecular complexity index is 312. The van der Waals surface area contributed by atoms with Crippen molar-refractivity contribution in [3.63, 3.8) is 0 Å². The monoisotopic (exact) mass is 183 g/mol. The van der Waals surface area contributed by atoms with E-state index >= 15 is 0 Å². The number of methoxy groups -OCH3 is 1. The summed E-state index contributed by atoms with van der Waals surface area (Å²) >= 11 is 4.76. The lowest BCUT2D eigenvalue weighted by Crippen LogP contribution is -2.10. The number of nitrogens with two attached hydrogens (primary N) is 1. The number of ether oxygens (including phenoxy) is 1. The average Bonchev–Trinajstić information content (AvgIpc) is 2.03. The van der Waals surface area contributed by atoms with E-state index in [1.54, 1.807) is 12.1 Å². The van der Waals surface area contributed by atoms with Crippen molar-refractivity contribution in [1.82, 2.24) is 0 Å². The van der Waals surface area contributed by atoms with Crippen molar-refractivity contribution < 1.29 is 9.84 Å². The van der Waals surface area contributed by atoms with E-state index in [1.807, 2.05) is 0 Å². The van der Waals surface area contributed by atoms with Gasteiger partial charge in [0.15, 0.2) is 11.5 Å². The van der Waals surface area contributed by atoms with Crippen LogP contribution in [-0.4, -0.2) is 17.2 Å². The first-order valence-electron chi connectivity index (χ1n) is 3.32. The van der Waals surface area contributed by atoms with Crippen LogP contribution in [0.3, 0.4) is 0 Å². The molecule has 1 aromatic rings. The van der Waals surface area contributed by atoms with E-state index in [4.69, 9.17) is 22.7 Å². The van der Waals surface area contributed by atoms with E-state index in [-0.39, 0.29) is 10.7 Å². The molecule has 4 heteroatoms. The Kier molecular flexibility index (Phi) is 2.50. The minimum Gasteiger partial charge on any atom is -0.504 e. The molecule has 1 rings (SSSR count). The SMILES string of the molecule is COc1c(O)cccc1C(N)=S. The van der Waals surface area contributed by atoms with Crippen molar-refractivity contribution in [3.05, 3.63) is 23.8 Å². The van der Waals surface area contributed by atoms with Crippen molar-refractivity contribution in [2.45, 2.75) is 0 Å². The second kappa shape index (κ2) is 3.40. The van der Waals surface area contributed by atoms with E-state index in [0.717, 1.165) is 0 Å². The number of aromatic hydroxyl groups is 1. The van der Waals surface area contributed by atoms with Gasteiger partial charge in [-0.1, -0.05) is 18.3 Å². The van der Waals surface area contributed by atoms with Crippen molar-refractivity contribution >= 4 is 17.2 Å². The fourth-order valence-electron chi connectivity index (χ4n) is 0.933. The van der Waals surface area contributed by atoms with Gasteiger partial charge in [-0.15, -0.1) is 0 Å². The summed E-state index contributed by atoms with van der Waals surface area (Å²) in [6.07, 6.45) is 0. The smallest absolute Gasteiger partial charge is 0.170 e. The molecule has 0 radical (unpaired) electrons. The molecule has 0 atom stereocenters. The Balaban J connectivity index is 3.27. The molecule has 0 saturated carbocycles. The third-order valence-electron chi connectivity index (χ3n) is 1.46. The van der Waals surface area contributed by atoms with Gasteiger partial charge in [-0.25, -0.2) is 0 Å². The van der Waals surface area contributed by atoms with Crippen LogP contribution in [0.4, 0.5) is 0 Å². The first kappa shape index (κ1) is 8.80. The molecule has 0 heterocycles. The summed E-state index contributed by atoms with van der Waals surface area (Å²) in [7, 11) is 1.46. The van der Waals surface area contributed by atoms with Gasteiger partial charge in [0.1, 0.15) is 4.99 Å². The maximum atomic E-state index is 9.30. The van der Waals surface area contributed by atoms with E-state index < -0.39 is 0 Å². The summed E-state index contributed by atoms with van der Waals surface area (Å²) in [6, 6.07) is 4.87. The molecule has 0 fully saturated rings. The number of benzene rings is 1. The van der Waals surface area contributed by atoms with Crippen molar-refractivity contribution in [1.29, 1.82) is 0 Å². The van der Waals surface area contributed by atoms with Crippen LogP contribution in [0.15, 0.2) is 18.2 Å². The Morgan fingerprint density at radius 1 is 1.58 bits per heavy atom. The molecule has 12 heavy (non-hydrogen) atoms. The summed E-state index contributed by atoms with van der Waals surface area (Å²) in [6.45, 7) is 0. The van der Waals surface area contributed by atoms with Crippen LogP contribution >= 0.6 is 12.2 Å². The number of rotatable bonds is 2. The molecule has 3 N–H and O–H groups in total. The fourth-order valence-corrected chi connectivity index (χ4v) is 1.09. The van der Waals surface area contributed by atoms with Crippen LogP contribution in [-0.2, 0) is 0 Å². The molecule has 3 nitrogen and oxygen atoms in total. The van der Waals surface area contributed by atoms with E-state index in [2.05, 4.69) is 0 Å². The summed E-state index contributed by atoms with van der Waals surface area (Å²) < 4.78 is 4.92. The zero-order valence-electron chi connectivity index (χ0n) is 6.57. The van der Waals surface area contributed by atoms with Crippen LogP contribution < -0.4 is 10.5 Å². The maximum Gasteiger partial charge on any atom is 0.170 e. The number of phenols is 1. The van der Waals surface area contributed by atoms with Gasteiger partial charge in [-0.05, 0) is 12.1 Å². The fraction of sp³-hybridized carbons (Fsp3) is 0.125. The number of para-hydroxylation sites is 1. The molecule has 0 saturated heterocycles. The van der Waals surface area contributed by atoms with Gasteiger partial charge in [0.25, 0.3) is 0 Å². The van der Waals surface area contributed by atoms with Crippen LogP contribution in [0.1, 0.15) is 5.56 Å². The normalized spacial score (nSPS) is 9.42. The predicted molar refractivity (Wildman–Crippen MR) is 50.5 cm³/mol. The van der Waals surface area contributed by atoms with E-state index in [9.17, 15) is 5.11 Å². The highest BCUT2D eigenvalue weighted by atomic mass is 32.1. The molecule has 0 aliphatic heterocycles. The Morgan fingerprint density at radius 3 is 2.67 bits per heavy atom. The number of thiocarbonyl (C=S) groups is 1. The highest BCUT2D eigenvalue weighted by molar-refractivity contribution is 7.80. The summed E-state index contributed by atoms with van der Waals surface area (Å²) in [5.74, 6) is 0.368. The quantitative estimate of drug-likeness (QED) is 0.672. The van der Waals surface area contributed by atoms with Gasteiger partial charge < -0.3 is 15.6 Å². The Hall–Kier alpha value is -1.29. The number of hydrogen-bond donors (Lipinski definition) is 2. The second-order valence-electron chi connectivity index (χ2n) is 2.22. The summed E-state index contributed by atoms with van der Waals surface area (Å²) in [5, 5.41) is 9.30. The lowest BCUT2D eigenvalue weighted by atomic mass is 10.2.